The molecule has 0 unspecified atom stereocenters. The normalized spacial score (nSPS) is 14.6. The summed E-state index contributed by atoms with van der Waals surface area (Å²) in [7, 11) is 2.06. The molecule has 2 N–H and O–H groups in total. The first kappa shape index (κ1) is 12.9. The average molecular weight is 291 g/mol. The Balaban J connectivity index is 2.02. The van der Waals surface area contributed by atoms with Crippen LogP contribution < -0.4 is 5.73 Å². The first-order valence-electron chi connectivity index (χ1n) is 6.54. The number of hydrogen-bond acceptors (Lipinski definition) is 3. The quantitative estimate of drug-likeness (QED) is 0.697. The van der Waals surface area contributed by atoms with Crippen molar-refractivity contribution >= 4 is 40.0 Å². The fraction of sp³-hybridized carbons (Fsp3) is 0.429. The predicted molar refractivity (Wildman–Crippen MR) is 84.9 cm³/mol. The molecule has 0 saturated carbocycles. The Morgan fingerprint density at radius 1 is 1.37 bits per heavy atom. The van der Waals surface area contributed by atoms with Gasteiger partial charge >= 0.3 is 0 Å². The van der Waals surface area contributed by atoms with Crippen LogP contribution in [0.3, 0.4) is 0 Å². The van der Waals surface area contributed by atoms with Gasteiger partial charge in [0, 0.05) is 7.05 Å². The first-order chi connectivity index (χ1) is 9.15. The number of nitrogens with two attached hydrogens (primary N) is 1. The van der Waals surface area contributed by atoms with E-state index in [9.17, 15) is 0 Å². The summed E-state index contributed by atoms with van der Waals surface area (Å²) in [5, 5.41) is 0.991. The summed E-state index contributed by atoms with van der Waals surface area (Å²) >= 11 is 6.54. The number of fused-ring (bicyclic) bond motifs is 2. The minimum atomic E-state index is 0.524. The third-order valence-electron chi connectivity index (χ3n) is 3.65. The first-order valence-corrected chi connectivity index (χ1v) is 7.94. The van der Waals surface area contributed by atoms with Gasteiger partial charge in [-0.25, -0.2) is 4.98 Å². The van der Waals surface area contributed by atoms with Gasteiger partial charge in [0.1, 0.15) is 0 Å². The molecule has 3 rings (SSSR count). The van der Waals surface area contributed by atoms with Crippen molar-refractivity contribution in [2.45, 2.75) is 30.8 Å². The van der Waals surface area contributed by atoms with Gasteiger partial charge in [-0.2, -0.15) is 0 Å². The van der Waals surface area contributed by atoms with E-state index in [1.165, 1.54) is 42.3 Å². The smallest absolute Gasteiger partial charge is 0.169 e. The number of rotatable bonds is 3. The van der Waals surface area contributed by atoms with E-state index in [1.54, 1.807) is 11.8 Å². The Labute approximate surface area is 122 Å². The van der Waals surface area contributed by atoms with E-state index in [4.69, 9.17) is 22.9 Å². The summed E-state index contributed by atoms with van der Waals surface area (Å²) < 4.78 is 2.15. The largest absolute Gasteiger partial charge is 0.393 e. The van der Waals surface area contributed by atoms with E-state index in [0.717, 1.165) is 10.7 Å². The van der Waals surface area contributed by atoms with Crippen LogP contribution in [-0.4, -0.2) is 20.3 Å². The highest BCUT2D eigenvalue weighted by Crippen LogP contribution is 2.29. The topological polar surface area (TPSA) is 43.8 Å². The molecule has 0 radical (unpaired) electrons. The van der Waals surface area contributed by atoms with E-state index in [0.29, 0.717) is 10.7 Å². The molecule has 0 amide bonds. The zero-order chi connectivity index (χ0) is 13.4. The van der Waals surface area contributed by atoms with Crippen molar-refractivity contribution in [3.8, 4) is 0 Å². The van der Waals surface area contributed by atoms with E-state index in [-0.39, 0.29) is 0 Å². The van der Waals surface area contributed by atoms with Crippen LogP contribution in [0.1, 0.15) is 24.0 Å². The summed E-state index contributed by atoms with van der Waals surface area (Å²) in [6, 6.07) is 4.57. The van der Waals surface area contributed by atoms with E-state index in [2.05, 4.69) is 23.7 Å². The van der Waals surface area contributed by atoms with Crippen LogP contribution in [0, 0.1) is 0 Å². The molecule has 0 spiro atoms. The van der Waals surface area contributed by atoms with Gasteiger partial charge in [-0.15, -0.1) is 0 Å². The van der Waals surface area contributed by atoms with Crippen LogP contribution in [0.15, 0.2) is 17.3 Å². The van der Waals surface area contributed by atoms with Crippen molar-refractivity contribution < 1.29 is 0 Å². The SMILES string of the molecule is Cn1c(SCC(N)=S)nc2cc3c(cc21)CCCC3. The van der Waals surface area contributed by atoms with Crippen molar-refractivity contribution in [3.05, 3.63) is 23.3 Å². The highest BCUT2D eigenvalue weighted by molar-refractivity contribution is 8.00. The maximum Gasteiger partial charge on any atom is 0.169 e. The van der Waals surface area contributed by atoms with Gasteiger partial charge in [0.25, 0.3) is 0 Å². The number of thioether (sulfide) groups is 1. The van der Waals surface area contributed by atoms with Gasteiger partial charge in [-0.3, -0.25) is 0 Å². The van der Waals surface area contributed by atoms with Gasteiger partial charge in [0.15, 0.2) is 5.16 Å². The molecule has 19 heavy (non-hydrogen) atoms. The van der Waals surface area contributed by atoms with Crippen LogP contribution in [0.4, 0.5) is 0 Å². The van der Waals surface area contributed by atoms with E-state index >= 15 is 0 Å². The molecule has 5 heteroatoms. The van der Waals surface area contributed by atoms with Crippen molar-refractivity contribution in [2.24, 2.45) is 12.8 Å². The minimum Gasteiger partial charge on any atom is -0.393 e. The maximum absolute atomic E-state index is 5.56. The lowest BCUT2D eigenvalue weighted by Gasteiger charge is -2.15. The summed E-state index contributed by atoms with van der Waals surface area (Å²) in [5.74, 6) is 0.645. The summed E-state index contributed by atoms with van der Waals surface area (Å²) in [5.41, 5.74) is 10.8. The molecule has 1 aliphatic rings. The van der Waals surface area contributed by atoms with E-state index in [1.807, 2.05) is 0 Å². The molecule has 1 aromatic heterocycles. The third kappa shape index (κ3) is 2.49. The number of aromatic nitrogens is 2. The molecule has 1 aromatic carbocycles. The highest BCUT2D eigenvalue weighted by Gasteiger charge is 2.14. The zero-order valence-electron chi connectivity index (χ0n) is 11.0. The monoisotopic (exact) mass is 291 g/mol. The second-order valence-electron chi connectivity index (χ2n) is 5.03. The molecule has 2 aromatic rings. The molecule has 0 saturated heterocycles. The zero-order valence-corrected chi connectivity index (χ0v) is 12.6. The van der Waals surface area contributed by atoms with Gasteiger partial charge in [-0.1, -0.05) is 24.0 Å². The third-order valence-corrected chi connectivity index (χ3v) is 5.05. The van der Waals surface area contributed by atoms with Crippen molar-refractivity contribution in [1.29, 1.82) is 0 Å². The van der Waals surface area contributed by atoms with Gasteiger partial charge in [0.05, 0.1) is 21.8 Å². The average Bonchev–Trinajstić information content (AvgIpc) is 2.70. The molecule has 0 fully saturated rings. The lowest BCUT2D eigenvalue weighted by Crippen LogP contribution is -2.10. The van der Waals surface area contributed by atoms with Crippen LogP contribution in [0.5, 0.6) is 0 Å². The maximum atomic E-state index is 5.56. The van der Waals surface area contributed by atoms with Crippen molar-refractivity contribution in [3.63, 3.8) is 0 Å². The Hall–Kier alpha value is -1.07. The van der Waals surface area contributed by atoms with Gasteiger partial charge in [-0.05, 0) is 48.9 Å². The molecule has 1 heterocycles. The summed E-state index contributed by atoms with van der Waals surface area (Å²) in [4.78, 5) is 5.23. The van der Waals surface area contributed by atoms with Crippen LogP contribution in [0.25, 0.3) is 11.0 Å². The Morgan fingerprint density at radius 3 is 2.74 bits per heavy atom. The molecular formula is C14H17N3S2. The van der Waals surface area contributed by atoms with Crippen LogP contribution >= 0.6 is 24.0 Å². The minimum absolute atomic E-state index is 0.524. The Kier molecular flexibility index (Phi) is 3.50. The molecular weight excluding hydrogens is 274 g/mol. The summed E-state index contributed by atoms with van der Waals surface area (Å²) in [6.45, 7) is 0. The fourth-order valence-electron chi connectivity index (χ4n) is 2.66. The number of hydrogen-bond donors (Lipinski definition) is 1. The molecule has 0 aliphatic heterocycles. The number of benzene rings is 1. The second-order valence-corrected chi connectivity index (χ2v) is 6.49. The number of nitrogens with zero attached hydrogens (tertiary/aromatic N) is 2. The second kappa shape index (κ2) is 5.13. The lowest BCUT2D eigenvalue weighted by atomic mass is 9.91. The number of thiocarbonyl (C=S) groups is 1. The van der Waals surface area contributed by atoms with E-state index < -0.39 is 0 Å². The highest BCUT2D eigenvalue weighted by atomic mass is 32.2. The molecule has 0 atom stereocenters. The van der Waals surface area contributed by atoms with Gasteiger partial charge < -0.3 is 10.3 Å². The van der Waals surface area contributed by atoms with Crippen LogP contribution in [0.2, 0.25) is 0 Å². The molecule has 100 valence electrons. The summed E-state index contributed by atoms with van der Waals surface area (Å²) in [6.07, 6.45) is 5.00. The van der Waals surface area contributed by atoms with Gasteiger partial charge in [0.2, 0.25) is 0 Å². The molecule has 1 aliphatic carbocycles. The number of imidazole rings is 1. The lowest BCUT2D eigenvalue weighted by molar-refractivity contribution is 0.686. The Bertz CT molecular complexity index is 646. The van der Waals surface area contributed by atoms with Crippen molar-refractivity contribution in [1.82, 2.24) is 9.55 Å². The Morgan fingerprint density at radius 2 is 2.05 bits per heavy atom. The standard InChI is InChI=1S/C14H17N3S2/c1-17-12-7-10-5-3-2-4-9(10)6-11(12)16-14(17)19-8-13(15)18/h6-7H,2-5,8H2,1H3,(H2,15,18). The predicted octanol–water partition coefficient (Wildman–Crippen LogP) is 2.83. The number of aryl methyl sites for hydroxylation is 3. The molecule has 3 nitrogen and oxygen atoms in total. The molecule has 0 bridgehead atoms. The van der Waals surface area contributed by atoms with Crippen molar-refractivity contribution in [2.75, 3.05) is 5.75 Å². The fourth-order valence-corrected chi connectivity index (χ4v) is 3.57. The van der Waals surface area contributed by atoms with Crippen LogP contribution in [-0.2, 0) is 19.9 Å².